The quantitative estimate of drug-likeness (QED) is 0.390. The highest BCUT2D eigenvalue weighted by Crippen LogP contribution is 2.29. The molecule has 0 aliphatic carbocycles. The standard InChI is InChI=1S/C24H23ClN6OS/c25-17-3-4-20-21(14-17)33-24(29-20)30-23(32)19-2-1-9-27-22(19)28-15-16-7-12-31(13-8-16)18-5-10-26-11-6-18/h1-6,9-11,14,16H,7-8,12-13,15H2,(H,27,28)(H,29,30,32). The van der Waals surface area contributed by atoms with Gasteiger partial charge >= 0.3 is 0 Å². The maximum absolute atomic E-state index is 13.0. The molecule has 1 amide bonds. The second-order valence-corrected chi connectivity index (χ2v) is 9.47. The van der Waals surface area contributed by atoms with Crippen LogP contribution in [0.4, 0.5) is 16.6 Å². The van der Waals surface area contributed by atoms with Crippen LogP contribution in [0.25, 0.3) is 10.2 Å². The molecule has 3 aromatic heterocycles. The minimum absolute atomic E-state index is 0.233. The lowest BCUT2D eigenvalue weighted by Gasteiger charge is -2.33. The number of aromatic nitrogens is 3. The molecule has 1 fully saturated rings. The summed E-state index contributed by atoms with van der Waals surface area (Å²) in [6.07, 6.45) is 7.53. The van der Waals surface area contributed by atoms with Crippen LogP contribution in [0.15, 0.2) is 61.1 Å². The van der Waals surface area contributed by atoms with Crippen molar-refractivity contribution in [2.75, 3.05) is 35.2 Å². The van der Waals surface area contributed by atoms with Crippen molar-refractivity contribution in [2.45, 2.75) is 12.8 Å². The number of hydrogen-bond donors (Lipinski definition) is 2. The summed E-state index contributed by atoms with van der Waals surface area (Å²) in [7, 11) is 0. The van der Waals surface area contributed by atoms with Crippen LogP contribution >= 0.6 is 22.9 Å². The molecule has 1 aromatic carbocycles. The first-order chi connectivity index (χ1) is 16.2. The van der Waals surface area contributed by atoms with Gasteiger partial charge < -0.3 is 10.2 Å². The van der Waals surface area contributed by atoms with Gasteiger partial charge in [-0.2, -0.15) is 0 Å². The van der Waals surface area contributed by atoms with E-state index in [0.717, 1.165) is 42.7 Å². The second-order valence-electron chi connectivity index (χ2n) is 8.00. The number of pyridine rings is 2. The van der Waals surface area contributed by atoms with Gasteiger partial charge in [0.25, 0.3) is 5.91 Å². The molecule has 2 N–H and O–H groups in total. The van der Waals surface area contributed by atoms with Crippen molar-refractivity contribution in [3.63, 3.8) is 0 Å². The predicted octanol–water partition coefficient (Wildman–Crippen LogP) is 5.32. The van der Waals surface area contributed by atoms with Gasteiger partial charge in [-0.05, 0) is 61.2 Å². The smallest absolute Gasteiger partial charge is 0.261 e. The molecule has 4 heterocycles. The summed E-state index contributed by atoms with van der Waals surface area (Å²) in [5, 5.41) is 7.49. The number of halogens is 1. The number of fused-ring (bicyclic) bond motifs is 1. The largest absolute Gasteiger partial charge is 0.371 e. The summed E-state index contributed by atoms with van der Waals surface area (Å²) in [6, 6.07) is 13.1. The number of amides is 1. The molecule has 0 spiro atoms. The topological polar surface area (TPSA) is 83.0 Å². The number of benzene rings is 1. The number of hydrogen-bond acceptors (Lipinski definition) is 7. The molecule has 0 saturated carbocycles. The Balaban J connectivity index is 1.20. The van der Waals surface area contributed by atoms with Crippen LogP contribution in [0.3, 0.4) is 0 Å². The molecule has 1 aliphatic heterocycles. The summed E-state index contributed by atoms with van der Waals surface area (Å²) in [5.74, 6) is 0.883. The van der Waals surface area contributed by atoms with Gasteiger partial charge in [0, 0.05) is 48.9 Å². The van der Waals surface area contributed by atoms with Crippen molar-refractivity contribution in [3.05, 3.63) is 71.6 Å². The molecule has 4 aromatic rings. The summed E-state index contributed by atoms with van der Waals surface area (Å²) in [6.45, 7) is 2.79. The van der Waals surface area contributed by atoms with Gasteiger partial charge in [0.15, 0.2) is 5.13 Å². The first-order valence-corrected chi connectivity index (χ1v) is 12.1. The number of nitrogens with one attached hydrogen (secondary N) is 2. The zero-order valence-electron chi connectivity index (χ0n) is 17.9. The van der Waals surface area contributed by atoms with E-state index < -0.39 is 0 Å². The molecule has 1 saturated heterocycles. The molecular weight excluding hydrogens is 456 g/mol. The molecule has 0 unspecified atom stereocenters. The number of carbonyl (C=O) groups is 1. The van der Waals surface area contributed by atoms with E-state index in [4.69, 9.17) is 11.6 Å². The Morgan fingerprint density at radius 3 is 2.76 bits per heavy atom. The fourth-order valence-electron chi connectivity index (χ4n) is 4.04. The van der Waals surface area contributed by atoms with Crippen LogP contribution in [0, 0.1) is 5.92 Å². The summed E-state index contributed by atoms with van der Waals surface area (Å²) < 4.78 is 0.931. The Kier molecular flexibility index (Phi) is 6.37. The van der Waals surface area contributed by atoms with Crippen molar-refractivity contribution < 1.29 is 4.79 Å². The summed E-state index contributed by atoms with van der Waals surface area (Å²) in [5.41, 5.74) is 2.53. The number of thiazole rings is 1. The Labute approximate surface area is 200 Å². The third-order valence-electron chi connectivity index (χ3n) is 5.82. The van der Waals surface area contributed by atoms with E-state index in [9.17, 15) is 4.79 Å². The van der Waals surface area contributed by atoms with E-state index >= 15 is 0 Å². The third kappa shape index (κ3) is 5.07. The monoisotopic (exact) mass is 478 g/mol. The average molecular weight is 479 g/mol. The maximum Gasteiger partial charge on any atom is 0.261 e. The second kappa shape index (κ2) is 9.72. The zero-order valence-corrected chi connectivity index (χ0v) is 19.4. The van der Waals surface area contributed by atoms with Crippen molar-refractivity contribution in [1.82, 2.24) is 15.0 Å². The van der Waals surface area contributed by atoms with Crippen molar-refractivity contribution >= 4 is 55.7 Å². The van der Waals surface area contributed by atoms with Gasteiger partial charge in [0.2, 0.25) is 0 Å². The van der Waals surface area contributed by atoms with Crippen molar-refractivity contribution in [1.29, 1.82) is 0 Å². The average Bonchev–Trinajstić information content (AvgIpc) is 3.25. The molecule has 7 nitrogen and oxygen atoms in total. The first-order valence-electron chi connectivity index (χ1n) is 10.9. The highest BCUT2D eigenvalue weighted by Gasteiger charge is 2.21. The number of nitrogens with zero attached hydrogens (tertiary/aromatic N) is 4. The molecule has 5 rings (SSSR count). The first kappa shape index (κ1) is 21.6. The zero-order chi connectivity index (χ0) is 22.6. The highest BCUT2D eigenvalue weighted by molar-refractivity contribution is 7.22. The van der Waals surface area contributed by atoms with E-state index in [1.165, 1.54) is 17.0 Å². The van der Waals surface area contributed by atoms with E-state index in [-0.39, 0.29) is 5.91 Å². The van der Waals surface area contributed by atoms with Crippen LogP contribution in [0.5, 0.6) is 0 Å². The van der Waals surface area contributed by atoms with Crippen LogP contribution in [0.1, 0.15) is 23.2 Å². The van der Waals surface area contributed by atoms with E-state index in [1.807, 2.05) is 24.5 Å². The third-order valence-corrected chi connectivity index (χ3v) is 6.99. The molecule has 9 heteroatoms. The lowest BCUT2D eigenvalue weighted by atomic mass is 9.96. The molecular formula is C24H23ClN6OS. The molecule has 0 atom stereocenters. The molecule has 0 bridgehead atoms. The van der Waals surface area contributed by atoms with E-state index in [2.05, 4.69) is 42.6 Å². The minimum Gasteiger partial charge on any atom is -0.371 e. The van der Waals surface area contributed by atoms with Crippen LogP contribution in [0.2, 0.25) is 5.02 Å². The summed E-state index contributed by atoms with van der Waals surface area (Å²) >= 11 is 7.46. The van der Waals surface area contributed by atoms with Crippen molar-refractivity contribution in [3.8, 4) is 0 Å². The van der Waals surface area contributed by atoms with E-state index in [1.54, 1.807) is 24.4 Å². The lowest BCUT2D eigenvalue weighted by Crippen LogP contribution is -2.36. The molecule has 1 aliphatic rings. The number of rotatable bonds is 6. The number of piperidine rings is 1. The van der Waals surface area contributed by atoms with Gasteiger partial charge in [0.1, 0.15) is 5.82 Å². The summed E-state index contributed by atoms with van der Waals surface area (Å²) in [4.78, 5) is 28.4. The van der Waals surface area contributed by atoms with Crippen molar-refractivity contribution in [2.24, 2.45) is 5.92 Å². The van der Waals surface area contributed by atoms with Crippen LogP contribution in [-0.4, -0.2) is 40.5 Å². The minimum atomic E-state index is -0.233. The van der Waals surface area contributed by atoms with Gasteiger partial charge in [-0.25, -0.2) is 9.97 Å². The maximum atomic E-state index is 13.0. The SMILES string of the molecule is O=C(Nc1nc2ccc(Cl)cc2s1)c1cccnc1NCC1CCN(c2ccncc2)CC1. The van der Waals surface area contributed by atoms with E-state index in [0.29, 0.717) is 27.5 Å². The Bertz CT molecular complexity index is 1260. The van der Waals surface area contributed by atoms with Gasteiger partial charge in [-0.1, -0.05) is 22.9 Å². The molecule has 168 valence electrons. The Hall–Kier alpha value is -3.23. The highest BCUT2D eigenvalue weighted by atomic mass is 35.5. The predicted molar refractivity (Wildman–Crippen MR) is 134 cm³/mol. The number of carbonyl (C=O) groups excluding carboxylic acids is 1. The molecule has 0 radical (unpaired) electrons. The lowest BCUT2D eigenvalue weighted by molar-refractivity contribution is 0.102. The van der Waals surface area contributed by atoms with Gasteiger partial charge in [-0.15, -0.1) is 0 Å². The van der Waals surface area contributed by atoms with Gasteiger partial charge in [0.05, 0.1) is 15.8 Å². The fraction of sp³-hybridized carbons (Fsp3) is 0.250. The Morgan fingerprint density at radius 2 is 1.94 bits per heavy atom. The van der Waals surface area contributed by atoms with Gasteiger partial charge in [-0.3, -0.25) is 15.1 Å². The Morgan fingerprint density at radius 1 is 1.12 bits per heavy atom. The fourth-order valence-corrected chi connectivity index (χ4v) is 5.17. The number of anilines is 3. The van der Waals surface area contributed by atoms with Crippen LogP contribution in [-0.2, 0) is 0 Å². The van der Waals surface area contributed by atoms with Crippen LogP contribution < -0.4 is 15.5 Å². The molecule has 33 heavy (non-hydrogen) atoms. The normalized spacial score (nSPS) is 14.4.